The Morgan fingerprint density at radius 3 is 2.93 bits per heavy atom. The van der Waals surface area contributed by atoms with Crippen molar-refractivity contribution in [2.75, 3.05) is 0 Å². The van der Waals surface area contributed by atoms with Crippen molar-refractivity contribution in [3.63, 3.8) is 0 Å². The minimum atomic E-state index is -0.965. The summed E-state index contributed by atoms with van der Waals surface area (Å²) in [5.74, 6) is -0.926. The average Bonchev–Trinajstić information content (AvgIpc) is 2.64. The van der Waals surface area contributed by atoms with Gasteiger partial charge in [-0.3, -0.25) is 14.3 Å². The van der Waals surface area contributed by atoms with Gasteiger partial charge in [0.05, 0.1) is 12.2 Å². The molecule has 1 aliphatic rings. The largest absolute Gasteiger partial charge is 0.329 e. The minimum Gasteiger partial charge on any atom is -0.291 e. The van der Waals surface area contributed by atoms with Gasteiger partial charge in [0.25, 0.3) is 5.56 Å². The normalized spacial score (nSPS) is 20.2. The summed E-state index contributed by atoms with van der Waals surface area (Å²) in [4.78, 5) is 24.0. The Hall–Kier alpha value is -1.65. The highest BCUT2D eigenvalue weighted by Crippen LogP contribution is 2.20. The third-order valence-electron chi connectivity index (χ3n) is 2.27. The number of halogens is 1. The number of aromatic amines is 1. The first-order valence-corrected chi connectivity index (χ1v) is 4.36. The fourth-order valence-corrected chi connectivity index (χ4v) is 1.56. The number of H-pyrrole nitrogens is 1. The molecule has 1 aromatic rings. The van der Waals surface area contributed by atoms with Gasteiger partial charge in [0.1, 0.15) is 0 Å². The Morgan fingerprint density at radius 2 is 2.29 bits per heavy atom. The molecule has 1 N–H and O–H groups in total. The third kappa shape index (κ3) is 1.41. The zero-order valence-corrected chi connectivity index (χ0v) is 7.37. The van der Waals surface area contributed by atoms with Gasteiger partial charge < -0.3 is 0 Å². The molecule has 1 atom stereocenters. The molecule has 0 saturated carbocycles. The monoisotopic (exact) mass is 196 g/mol. The predicted molar refractivity (Wildman–Crippen MR) is 48.7 cm³/mol. The Bertz CT molecular complexity index is 486. The smallest absolute Gasteiger partial charge is 0.291 e. The molecule has 1 unspecified atom stereocenters. The Balaban J connectivity index is 2.53. The second kappa shape index (κ2) is 3.25. The van der Waals surface area contributed by atoms with Crippen LogP contribution in [0, 0.1) is 5.82 Å². The van der Waals surface area contributed by atoms with Crippen LogP contribution in [0.2, 0.25) is 0 Å². The van der Waals surface area contributed by atoms with Gasteiger partial charge in [-0.1, -0.05) is 12.2 Å². The van der Waals surface area contributed by atoms with Crippen molar-refractivity contribution in [3.05, 3.63) is 45.0 Å². The van der Waals surface area contributed by atoms with Gasteiger partial charge in [0, 0.05) is 0 Å². The van der Waals surface area contributed by atoms with E-state index in [4.69, 9.17) is 0 Å². The summed E-state index contributed by atoms with van der Waals surface area (Å²) in [5, 5.41) is 0. The average molecular weight is 196 g/mol. The van der Waals surface area contributed by atoms with Crippen molar-refractivity contribution in [2.45, 2.75) is 18.9 Å². The number of hydrogen-bond donors (Lipinski definition) is 1. The molecule has 14 heavy (non-hydrogen) atoms. The molecule has 0 bridgehead atoms. The molecule has 0 saturated heterocycles. The quantitative estimate of drug-likeness (QED) is 0.667. The number of allylic oxidation sites excluding steroid dienone is 2. The van der Waals surface area contributed by atoms with Gasteiger partial charge in [0.2, 0.25) is 5.82 Å². The van der Waals surface area contributed by atoms with Crippen LogP contribution in [0.4, 0.5) is 4.39 Å². The number of nitrogens with zero attached hydrogens (tertiary/aromatic N) is 1. The van der Waals surface area contributed by atoms with E-state index in [2.05, 4.69) is 0 Å². The van der Waals surface area contributed by atoms with Crippen LogP contribution >= 0.6 is 0 Å². The van der Waals surface area contributed by atoms with Gasteiger partial charge in [-0.05, 0) is 12.8 Å². The van der Waals surface area contributed by atoms with Crippen molar-refractivity contribution in [3.8, 4) is 0 Å². The van der Waals surface area contributed by atoms with E-state index in [0.29, 0.717) is 0 Å². The van der Waals surface area contributed by atoms with E-state index in [9.17, 15) is 14.0 Å². The molecule has 1 aliphatic carbocycles. The summed E-state index contributed by atoms with van der Waals surface area (Å²) in [7, 11) is 0. The molecular formula is C9H9FN2O2. The maximum absolute atomic E-state index is 12.9. The summed E-state index contributed by atoms with van der Waals surface area (Å²) >= 11 is 0. The first-order chi connectivity index (χ1) is 6.68. The van der Waals surface area contributed by atoms with Gasteiger partial charge in [0.15, 0.2) is 0 Å². The lowest BCUT2D eigenvalue weighted by atomic mass is 10.2. The summed E-state index contributed by atoms with van der Waals surface area (Å²) in [6, 6.07) is -0.131. The number of hydrogen-bond acceptors (Lipinski definition) is 2. The molecule has 1 aromatic heterocycles. The van der Waals surface area contributed by atoms with Crippen LogP contribution in [0.5, 0.6) is 0 Å². The molecule has 4 nitrogen and oxygen atoms in total. The lowest BCUT2D eigenvalue weighted by molar-refractivity contribution is 0.510. The molecule has 0 fully saturated rings. The SMILES string of the molecule is O=c1[nH]c(=O)n(C2C=CCC2)cc1F. The van der Waals surface area contributed by atoms with Crippen LogP contribution in [-0.2, 0) is 0 Å². The minimum absolute atomic E-state index is 0.131. The third-order valence-corrected chi connectivity index (χ3v) is 2.27. The fraction of sp³-hybridized carbons (Fsp3) is 0.333. The molecule has 74 valence electrons. The van der Waals surface area contributed by atoms with Crippen molar-refractivity contribution >= 4 is 0 Å². The molecule has 0 spiro atoms. The van der Waals surface area contributed by atoms with Crippen LogP contribution in [0.15, 0.2) is 27.9 Å². The second-order valence-electron chi connectivity index (χ2n) is 3.22. The zero-order valence-electron chi connectivity index (χ0n) is 7.37. The first-order valence-electron chi connectivity index (χ1n) is 4.36. The molecule has 0 amide bonds. The summed E-state index contributed by atoms with van der Waals surface area (Å²) < 4.78 is 14.1. The standard InChI is InChI=1S/C9H9FN2O2/c10-7-5-12(6-3-1-2-4-6)9(14)11-8(7)13/h1,3,5-6H,2,4H2,(H,11,13,14). The van der Waals surface area contributed by atoms with Crippen LogP contribution < -0.4 is 11.2 Å². The van der Waals surface area contributed by atoms with Gasteiger partial charge in [-0.25, -0.2) is 4.79 Å². The molecule has 5 heteroatoms. The van der Waals surface area contributed by atoms with Crippen LogP contribution in [0.3, 0.4) is 0 Å². The Kier molecular flexibility index (Phi) is 2.07. The van der Waals surface area contributed by atoms with E-state index in [0.717, 1.165) is 19.0 Å². The molecular weight excluding hydrogens is 187 g/mol. The van der Waals surface area contributed by atoms with Crippen molar-refractivity contribution in [2.24, 2.45) is 0 Å². The fourth-order valence-electron chi connectivity index (χ4n) is 1.56. The van der Waals surface area contributed by atoms with E-state index in [1.165, 1.54) is 4.57 Å². The molecule has 0 radical (unpaired) electrons. The Labute approximate surface area is 78.7 Å². The lowest BCUT2D eigenvalue weighted by Gasteiger charge is -2.10. The van der Waals surface area contributed by atoms with E-state index < -0.39 is 17.1 Å². The highest BCUT2D eigenvalue weighted by Gasteiger charge is 2.14. The zero-order chi connectivity index (χ0) is 10.1. The molecule has 0 aromatic carbocycles. The summed E-state index contributed by atoms with van der Waals surface area (Å²) in [5.41, 5.74) is -1.53. The van der Waals surface area contributed by atoms with Gasteiger partial charge in [-0.2, -0.15) is 4.39 Å². The van der Waals surface area contributed by atoms with Crippen LogP contribution in [-0.4, -0.2) is 9.55 Å². The summed E-state index contributed by atoms with van der Waals surface area (Å²) in [6.07, 6.45) is 6.37. The number of rotatable bonds is 1. The highest BCUT2D eigenvalue weighted by atomic mass is 19.1. The van der Waals surface area contributed by atoms with Crippen molar-refractivity contribution < 1.29 is 4.39 Å². The number of nitrogens with one attached hydrogen (secondary N) is 1. The molecule has 2 rings (SSSR count). The predicted octanol–water partition coefficient (Wildman–Crippen LogP) is 0.567. The summed E-state index contributed by atoms with van der Waals surface area (Å²) in [6.45, 7) is 0. The molecule has 0 aliphatic heterocycles. The van der Waals surface area contributed by atoms with Crippen LogP contribution in [0.1, 0.15) is 18.9 Å². The van der Waals surface area contributed by atoms with E-state index >= 15 is 0 Å². The molecule has 1 heterocycles. The lowest BCUT2D eigenvalue weighted by Crippen LogP contribution is -2.32. The highest BCUT2D eigenvalue weighted by molar-refractivity contribution is 5.02. The number of aromatic nitrogens is 2. The first kappa shape index (κ1) is 8.93. The maximum Gasteiger partial charge on any atom is 0.329 e. The van der Waals surface area contributed by atoms with Crippen molar-refractivity contribution in [1.82, 2.24) is 9.55 Å². The van der Waals surface area contributed by atoms with Crippen LogP contribution in [0.25, 0.3) is 0 Å². The Morgan fingerprint density at radius 1 is 1.50 bits per heavy atom. The van der Waals surface area contributed by atoms with Gasteiger partial charge >= 0.3 is 5.69 Å². The second-order valence-corrected chi connectivity index (χ2v) is 3.22. The van der Waals surface area contributed by atoms with Crippen molar-refractivity contribution in [1.29, 1.82) is 0 Å². The topological polar surface area (TPSA) is 54.9 Å². The van der Waals surface area contributed by atoms with Gasteiger partial charge in [-0.15, -0.1) is 0 Å². The van der Waals surface area contributed by atoms with E-state index in [1.54, 1.807) is 0 Å². The maximum atomic E-state index is 12.9. The van der Waals surface area contributed by atoms with E-state index in [-0.39, 0.29) is 6.04 Å². The van der Waals surface area contributed by atoms with E-state index in [1.807, 2.05) is 17.1 Å².